The molecule has 1 saturated heterocycles. The van der Waals surface area contributed by atoms with Gasteiger partial charge in [0.15, 0.2) is 11.2 Å². The number of benzene rings is 1. The van der Waals surface area contributed by atoms with Gasteiger partial charge in [-0.05, 0) is 58.2 Å². The van der Waals surface area contributed by atoms with Crippen LogP contribution in [0.3, 0.4) is 0 Å². The Balaban J connectivity index is 2.18. The zero-order valence-corrected chi connectivity index (χ0v) is 17.2. The first-order valence-corrected chi connectivity index (χ1v) is 9.52. The lowest BCUT2D eigenvalue weighted by Crippen LogP contribution is -2.55. The summed E-state index contributed by atoms with van der Waals surface area (Å²) in [6.07, 6.45) is -0.290. The molecule has 1 aromatic rings. The van der Waals surface area contributed by atoms with Crippen molar-refractivity contribution >= 4 is 23.3 Å². The molecule has 1 amide bonds. The fourth-order valence-electron chi connectivity index (χ4n) is 3.30. The molecule has 0 radical (unpaired) electrons. The summed E-state index contributed by atoms with van der Waals surface area (Å²) in [5.74, 6) is -1.02. The van der Waals surface area contributed by atoms with Crippen molar-refractivity contribution in [3.8, 4) is 0 Å². The minimum absolute atomic E-state index is 0.129. The van der Waals surface area contributed by atoms with E-state index >= 15 is 0 Å². The molecule has 1 unspecified atom stereocenters. The Kier molecular flexibility index (Phi) is 6.77. The molecule has 2 rings (SSSR count). The molecule has 0 aliphatic carbocycles. The largest absolute Gasteiger partial charge is 0.462 e. The second kappa shape index (κ2) is 8.69. The molecule has 1 aliphatic heterocycles. The van der Waals surface area contributed by atoms with E-state index in [4.69, 9.17) is 9.47 Å². The van der Waals surface area contributed by atoms with Gasteiger partial charge in [-0.2, -0.15) is 0 Å². The van der Waals surface area contributed by atoms with Gasteiger partial charge in [-0.15, -0.1) is 0 Å². The first kappa shape index (κ1) is 21.8. The molecule has 1 N–H and O–H groups in total. The lowest BCUT2D eigenvalue weighted by molar-refractivity contribution is -0.180. The number of aryl methyl sites for hydroxylation is 1. The number of ketones is 1. The zero-order chi connectivity index (χ0) is 21.1. The molecule has 0 bridgehead atoms. The van der Waals surface area contributed by atoms with E-state index in [2.05, 4.69) is 11.9 Å². The van der Waals surface area contributed by atoms with Crippen molar-refractivity contribution in [1.29, 1.82) is 0 Å². The van der Waals surface area contributed by atoms with Crippen LogP contribution in [0.25, 0.3) is 0 Å². The first-order valence-electron chi connectivity index (χ1n) is 9.52. The van der Waals surface area contributed by atoms with Gasteiger partial charge in [0.2, 0.25) is 5.91 Å². The van der Waals surface area contributed by atoms with Crippen LogP contribution in [0, 0.1) is 5.41 Å². The topological polar surface area (TPSA) is 81.7 Å². The summed E-state index contributed by atoms with van der Waals surface area (Å²) in [4.78, 5) is 36.8. The smallest absolute Gasteiger partial charge is 0.322 e. The van der Waals surface area contributed by atoms with E-state index in [1.807, 2.05) is 24.3 Å². The van der Waals surface area contributed by atoms with E-state index in [1.54, 1.807) is 27.7 Å². The Morgan fingerprint density at radius 3 is 2.43 bits per heavy atom. The van der Waals surface area contributed by atoms with Gasteiger partial charge < -0.3 is 14.8 Å². The average molecular weight is 387 g/mol. The van der Waals surface area contributed by atoms with Gasteiger partial charge in [-0.25, -0.2) is 0 Å². The molecular formula is C22H29NO5. The predicted octanol–water partition coefficient (Wildman–Crippen LogP) is 3.45. The van der Waals surface area contributed by atoms with E-state index < -0.39 is 23.6 Å². The lowest BCUT2D eigenvalue weighted by atomic mass is 9.72. The number of nitrogens with one attached hydrogen (secondary N) is 1. The van der Waals surface area contributed by atoms with Crippen molar-refractivity contribution in [2.75, 3.05) is 5.32 Å². The van der Waals surface area contributed by atoms with Crippen molar-refractivity contribution in [3.05, 3.63) is 42.0 Å². The lowest BCUT2D eigenvalue weighted by Gasteiger charge is -2.41. The number of hydrogen-bond acceptors (Lipinski definition) is 5. The number of ether oxygens (including phenoxy) is 2. The van der Waals surface area contributed by atoms with Gasteiger partial charge in [0.25, 0.3) is 0 Å². The van der Waals surface area contributed by atoms with E-state index in [9.17, 15) is 14.4 Å². The van der Waals surface area contributed by atoms with Crippen LogP contribution in [0.5, 0.6) is 0 Å². The maximum Gasteiger partial charge on any atom is 0.322 e. The number of carbonyl (C=O) groups is 3. The van der Waals surface area contributed by atoms with Crippen LogP contribution in [0.1, 0.15) is 46.6 Å². The molecule has 6 nitrogen and oxygen atoms in total. The standard InChI is InChI=1S/C22H29NO5/c1-13(2)27-21(26)22(6)19(28-15(4)14(3)20(22)25)12-9-17-7-10-18(11-8-17)23-16(5)24/h7-8,10-11,13,15,19H,3,9,12H2,1-2,4-6H3,(H,23,24)/t15-,19?,22-/m1/s1. The maximum atomic E-state index is 12.9. The Morgan fingerprint density at radius 1 is 1.29 bits per heavy atom. The van der Waals surface area contributed by atoms with Crippen molar-refractivity contribution in [2.24, 2.45) is 5.41 Å². The Hall–Kier alpha value is -2.47. The molecule has 0 spiro atoms. The van der Waals surface area contributed by atoms with Crippen LogP contribution in [0.2, 0.25) is 0 Å². The molecule has 1 heterocycles. The Morgan fingerprint density at radius 2 is 1.89 bits per heavy atom. The number of hydrogen-bond donors (Lipinski definition) is 1. The summed E-state index contributed by atoms with van der Waals surface area (Å²) in [7, 11) is 0. The fourth-order valence-corrected chi connectivity index (χ4v) is 3.30. The van der Waals surface area contributed by atoms with Gasteiger partial charge >= 0.3 is 5.97 Å². The van der Waals surface area contributed by atoms with E-state index in [-0.39, 0.29) is 17.8 Å². The SMILES string of the molecule is C=C1C(=O)[C@](C)(C(=O)OC(C)C)C(CCc2ccc(NC(C)=O)cc2)O[C@@H]1C. The summed E-state index contributed by atoms with van der Waals surface area (Å²) in [6.45, 7) is 12.1. The third-order valence-corrected chi connectivity index (χ3v) is 5.00. The minimum atomic E-state index is -1.41. The molecule has 1 aromatic carbocycles. The predicted molar refractivity (Wildman–Crippen MR) is 107 cm³/mol. The maximum absolute atomic E-state index is 12.9. The molecule has 6 heteroatoms. The molecular weight excluding hydrogens is 358 g/mol. The van der Waals surface area contributed by atoms with Crippen molar-refractivity contribution in [1.82, 2.24) is 0 Å². The molecule has 3 atom stereocenters. The van der Waals surface area contributed by atoms with Gasteiger partial charge in [-0.1, -0.05) is 18.7 Å². The average Bonchev–Trinajstić information content (AvgIpc) is 2.62. The number of Topliss-reactive ketones (excluding diaryl/α,β-unsaturated/α-hetero) is 1. The van der Waals surface area contributed by atoms with Crippen LogP contribution in [0.15, 0.2) is 36.4 Å². The number of carbonyl (C=O) groups excluding carboxylic acids is 3. The Labute approximate surface area is 166 Å². The molecule has 0 aromatic heterocycles. The molecule has 28 heavy (non-hydrogen) atoms. The first-order chi connectivity index (χ1) is 13.1. The summed E-state index contributed by atoms with van der Waals surface area (Å²) < 4.78 is 11.4. The summed E-state index contributed by atoms with van der Waals surface area (Å²) >= 11 is 0. The molecule has 1 fully saturated rings. The summed E-state index contributed by atoms with van der Waals surface area (Å²) in [5, 5.41) is 2.72. The van der Waals surface area contributed by atoms with Crippen LogP contribution in [-0.2, 0) is 30.3 Å². The number of rotatable bonds is 6. The second-order valence-electron chi connectivity index (χ2n) is 7.69. The molecule has 1 aliphatic rings. The van der Waals surface area contributed by atoms with Gasteiger partial charge in [0.1, 0.15) is 0 Å². The number of esters is 1. The van der Waals surface area contributed by atoms with Crippen molar-refractivity contribution in [2.45, 2.75) is 65.8 Å². The fraction of sp³-hybridized carbons (Fsp3) is 0.500. The molecule has 0 saturated carbocycles. The van der Waals surface area contributed by atoms with E-state index in [0.29, 0.717) is 18.4 Å². The minimum Gasteiger partial charge on any atom is -0.462 e. The third-order valence-electron chi connectivity index (χ3n) is 5.00. The zero-order valence-electron chi connectivity index (χ0n) is 17.2. The monoisotopic (exact) mass is 387 g/mol. The normalized spacial score (nSPS) is 24.9. The van der Waals surface area contributed by atoms with Crippen LogP contribution < -0.4 is 5.32 Å². The van der Waals surface area contributed by atoms with Crippen LogP contribution >= 0.6 is 0 Å². The number of amides is 1. The highest BCUT2D eigenvalue weighted by molar-refractivity contribution is 6.13. The van der Waals surface area contributed by atoms with Gasteiger partial charge in [-0.3, -0.25) is 14.4 Å². The van der Waals surface area contributed by atoms with E-state index in [1.165, 1.54) is 6.92 Å². The summed E-state index contributed by atoms with van der Waals surface area (Å²) in [5.41, 5.74) is 0.612. The summed E-state index contributed by atoms with van der Waals surface area (Å²) in [6, 6.07) is 7.45. The highest BCUT2D eigenvalue weighted by Crippen LogP contribution is 2.39. The third kappa shape index (κ3) is 4.68. The van der Waals surface area contributed by atoms with Crippen molar-refractivity contribution < 1.29 is 23.9 Å². The van der Waals surface area contributed by atoms with Gasteiger partial charge in [0.05, 0.1) is 18.3 Å². The van der Waals surface area contributed by atoms with Crippen LogP contribution in [0.4, 0.5) is 5.69 Å². The second-order valence-corrected chi connectivity index (χ2v) is 7.69. The Bertz CT molecular complexity index is 768. The molecule has 152 valence electrons. The van der Waals surface area contributed by atoms with E-state index in [0.717, 1.165) is 11.3 Å². The van der Waals surface area contributed by atoms with Crippen LogP contribution in [-0.4, -0.2) is 36.0 Å². The van der Waals surface area contributed by atoms with Crippen molar-refractivity contribution in [3.63, 3.8) is 0 Å². The van der Waals surface area contributed by atoms with Gasteiger partial charge in [0, 0.05) is 18.2 Å². The highest BCUT2D eigenvalue weighted by Gasteiger charge is 2.54. The quantitative estimate of drug-likeness (QED) is 0.459. The highest BCUT2D eigenvalue weighted by atomic mass is 16.6. The number of anilines is 1.